The first kappa shape index (κ1) is 14.2. The minimum atomic E-state index is 0.157. The summed E-state index contributed by atoms with van der Waals surface area (Å²) >= 11 is 0. The van der Waals surface area contributed by atoms with Crippen LogP contribution in [0.1, 0.15) is 51.4 Å². The number of hydrogen-bond donors (Lipinski definition) is 2. The largest absolute Gasteiger partial charge is 0.356 e. The van der Waals surface area contributed by atoms with Crippen LogP contribution in [-0.2, 0) is 9.59 Å². The zero-order valence-electron chi connectivity index (χ0n) is 10.6. The van der Waals surface area contributed by atoms with Crippen LogP contribution >= 0.6 is 0 Å². The van der Waals surface area contributed by atoms with Crippen molar-refractivity contribution in [1.29, 1.82) is 0 Å². The summed E-state index contributed by atoms with van der Waals surface area (Å²) in [6, 6.07) is 0. The van der Waals surface area contributed by atoms with Crippen LogP contribution in [-0.4, -0.2) is 31.3 Å². The molecule has 4 nitrogen and oxygen atoms in total. The summed E-state index contributed by atoms with van der Waals surface area (Å²) in [4.78, 5) is 22.8. The van der Waals surface area contributed by atoms with Gasteiger partial charge in [-0.2, -0.15) is 0 Å². The van der Waals surface area contributed by atoms with Gasteiger partial charge in [-0.15, -0.1) is 0 Å². The van der Waals surface area contributed by atoms with E-state index in [0.29, 0.717) is 25.9 Å². The number of nitrogens with one attached hydrogen (secondary N) is 2. The maximum absolute atomic E-state index is 11.4. The van der Waals surface area contributed by atoms with Crippen LogP contribution in [0.4, 0.5) is 0 Å². The Morgan fingerprint density at radius 1 is 0.765 bits per heavy atom. The van der Waals surface area contributed by atoms with E-state index in [0.717, 1.165) is 45.1 Å². The van der Waals surface area contributed by atoms with Gasteiger partial charge in [0.2, 0.25) is 5.91 Å². The van der Waals surface area contributed by atoms with E-state index in [-0.39, 0.29) is 11.7 Å². The van der Waals surface area contributed by atoms with Crippen molar-refractivity contribution in [3.63, 3.8) is 0 Å². The van der Waals surface area contributed by atoms with Gasteiger partial charge in [0.05, 0.1) is 6.54 Å². The summed E-state index contributed by atoms with van der Waals surface area (Å²) in [7, 11) is 0. The molecule has 1 fully saturated rings. The van der Waals surface area contributed by atoms with Crippen molar-refractivity contribution in [2.24, 2.45) is 0 Å². The van der Waals surface area contributed by atoms with Crippen molar-refractivity contribution in [1.82, 2.24) is 10.6 Å². The maximum atomic E-state index is 11.4. The van der Waals surface area contributed by atoms with Crippen LogP contribution in [0.5, 0.6) is 0 Å². The molecule has 17 heavy (non-hydrogen) atoms. The number of amides is 1. The molecule has 0 bridgehead atoms. The first-order valence-electron chi connectivity index (χ1n) is 6.78. The number of Topliss-reactive ketones (excluding diaryl/α,β-unsaturated/α-hetero) is 1. The number of carbonyl (C=O) groups is 2. The Hall–Kier alpha value is -0.900. The third-order valence-corrected chi connectivity index (χ3v) is 3.03. The van der Waals surface area contributed by atoms with Crippen LogP contribution in [0.2, 0.25) is 0 Å². The SMILES string of the molecule is O=C1CCCCNC(=O)CCCCCCNC1. The summed E-state index contributed by atoms with van der Waals surface area (Å²) in [6.45, 7) is 2.13. The van der Waals surface area contributed by atoms with Crippen LogP contribution in [0, 0.1) is 0 Å². The quantitative estimate of drug-likeness (QED) is 0.673. The van der Waals surface area contributed by atoms with E-state index < -0.39 is 0 Å². The molecule has 4 heteroatoms. The van der Waals surface area contributed by atoms with Gasteiger partial charge in [-0.1, -0.05) is 12.8 Å². The van der Waals surface area contributed by atoms with Gasteiger partial charge in [0.25, 0.3) is 0 Å². The van der Waals surface area contributed by atoms with E-state index in [9.17, 15) is 9.59 Å². The van der Waals surface area contributed by atoms with Crippen molar-refractivity contribution in [3.05, 3.63) is 0 Å². The lowest BCUT2D eigenvalue weighted by Gasteiger charge is -2.04. The Balaban J connectivity index is 2.23. The number of ketones is 1. The molecular formula is C13H24N2O2. The molecule has 0 saturated carbocycles. The molecule has 0 aliphatic carbocycles. The highest BCUT2D eigenvalue weighted by molar-refractivity contribution is 5.80. The highest BCUT2D eigenvalue weighted by Crippen LogP contribution is 2.03. The minimum absolute atomic E-state index is 0.157. The molecule has 0 aromatic heterocycles. The number of hydrogen-bond acceptors (Lipinski definition) is 3. The second kappa shape index (κ2) is 9.16. The molecule has 1 rings (SSSR count). The number of rotatable bonds is 0. The second-order valence-corrected chi connectivity index (χ2v) is 4.69. The zero-order chi connectivity index (χ0) is 12.3. The molecule has 1 amide bonds. The highest BCUT2D eigenvalue weighted by atomic mass is 16.1. The zero-order valence-corrected chi connectivity index (χ0v) is 10.6. The van der Waals surface area contributed by atoms with Gasteiger partial charge in [-0.05, 0) is 32.2 Å². The fourth-order valence-corrected chi connectivity index (χ4v) is 1.97. The molecule has 0 aromatic rings. The summed E-state index contributed by atoms with van der Waals surface area (Å²) in [5.74, 6) is 0.440. The Bertz CT molecular complexity index is 218. The lowest BCUT2D eigenvalue weighted by Crippen LogP contribution is -2.25. The minimum Gasteiger partial charge on any atom is -0.356 e. The third-order valence-electron chi connectivity index (χ3n) is 3.03. The molecule has 2 N–H and O–H groups in total. The summed E-state index contributed by atoms with van der Waals surface area (Å²) in [5.41, 5.74) is 0. The molecule has 98 valence electrons. The topological polar surface area (TPSA) is 58.2 Å². The van der Waals surface area contributed by atoms with Gasteiger partial charge in [0.1, 0.15) is 5.78 Å². The summed E-state index contributed by atoms with van der Waals surface area (Å²) < 4.78 is 0. The third kappa shape index (κ3) is 7.91. The highest BCUT2D eigenvalue weighted by Gasteiger charge is 2.04. The number of carbonyl (C=O) groups excluding carboxylic acids is 2. The average Bonchev–Trinajstić information content (AvgIpc) is 2.31. The van der Waals surface area contributed by atoms with Gasteiger partial charge in [-0.3, -0.25) is 9.59 Å². The standard InChI is InChI=1S/C13H24N2O2/c16-12-7-4-6-10-15-13(17)8-3-1-2-5-9-14-11-12/h14H,1-11H2,(H,15,17). The Morgan fingerprint density at radius 2 is 1.47 bits per heavy atom. The van der Waals surface area contributed by atoms with E-state index in [1.54, 1.807) is 0 Å². The summed E-state index contributed by atoms with van der Waals surface area (Å²) in [5, 5.41) is 6.08. The Kier molecular flexibility index (Phi) is 7.63. The molecule has 0 atom stereocenters. The fourth-order valence-electron chi connectivity index (χ4n) is 1.97. The average molecular weight is 240 g/mol. The second-order valence-electron chi connectivity index (χ2n) is 4.69. The molecule has 0 unspecified atom stereocenters. The molecular weight excluding hydrogens is 216 g/mol. The monoisotopic (exact) mass is 240 g/mol. The molecule has 1 heterocycles. The fraction of sp³-hybridized carbons (Fsp3) is 0.846. The van der Waals surface area contributed by atoms with Gasteiger partial charge < -0.3 is 10.6 Å². The smallest absolute Gasteiger partial charge is 0.219 e. The Labute approximate surface area is 104 Å². The molecule has 1 saturated heterocycles. The van der Waals surface area contributed by atoms with Crippen LogP contribution in [0.25, 0.3) is 0 Å². The molecule has 0 radical (unpaired) electrons. The molecule has 1 aliphatic rings. The van der Waals surface area contributed by atoms with Crippen molar-refractivity contribution in [2.45, 2.75) is 51.4 Å². The molecule has 1 aliphatic heterocycles. The van der Waals surface area contributed by atoms with E-state index in [4.69, 9.17) is 0 Å². The van der Waals surface area contributed by atoms with Crippen LogP contribution in [0.3, 0.4) is 0 Å². The van der Waals surface area contributed by atoms with Crippen molar-refractivity contribution >= 4 is 11.7 Å². The normalized spacial score (nSPS) is 22.4. The van der Waals surface area contributed by atoms with E-state index >= 15 is 0 Å². The van der Waals surface area contributed by atoms with Gasteiger partial charge in [0, 0.05) is 19.4 Å². The van der Waals surface area contributed by atoms with Gasteiger partial charge in [0.15, 0.2) is 0 Å². The Morgan fingerprint density at radius 3 is 2.35 bits per heavy atom. The molecule has 0 spiro atoms. The van der Waals surface area contributed by atoms with E-state index in [1.165, 1.54) is 0 Å². The predicted octanol–water partition coefficient (Wildman–Crippen LogP) is 1.40. The van der Waals surface area contributed by atoms with Gasteiger partial charge >= 0.3 is 0 Å². The molecule has 0 aromatic carbocycles. The lowest BCUT2D eigenvalue weighted by molar-refractivity contribution is -0.121. The van der Waals surface area contributed by atoms with Crippen molar-refractivity contribution in [2.75, 3.05) is 19.6 Å². The van der Waals surface area contributed by atoms with Gasteiger partial charge in [-0.25, -0.2) is 0 Å². The van der Waals surface area contributed by atoms with Crippen molar-refractivity contribution in [3.8, 4) is 0 Å². The van der Waals surface area contributed by atoms with Crippen molar-refractivity contribution < 1.29 is 9.59 Å². The summed E-state index contributed by atoms with van der Waals surface area (Å²) in [6.07, 6.45) is 7.35. The van der Waals surface area contributed by atoms with E-state index in [1.807, 2.05) is 0 Å². The lowest BCUT2D eigenvalue weighted by atomic mass is 10.1. The van der Waals surface area contributed by atoms with Crippen LogP contribution in [0.15, 0.2) is 0 Å². The van der Waals surface area contributed by atoms with Crippen LogP contribution < -0.4 is 10.6 Å². The van der Waals surface area contributed by atoms with E-state index in [2.05, 4.69) is 10.6 Å². The maximum Gasteiger partial charge on any atom is 0.219 e. The first-order valence-corrected chi connectivity index (χ1v) is 6.78. The first-order chi connectivity index (χ1) is 8.29. The predicted molar refractivity (Wildman–Crippen MR) is 67.8 cm³/mol.